The van der Waals surface area contributed by atoms with Gasteiger partial charge < -0.3 is 9.84 Å². The van der Waals surface area contributed by atoms with Crippen molar-refractivity contribution in [1.29, 1.82) is 0 Å². The summed E-state index contributed by atoms with van der Waals surface area (Å²) in [6, 6.07) is 4.42. The maximum absolute atomic E-state index is 13.9. The molecule has 0 aromatic heterocycles. The lowest BCUT2D eigenvalue weighted by Gasteiger charge is -2.31. The van der Waals surface area contributed by atoms with Crippen LogP contribution in [0.25, 0.3) is 0 Å². The summed E-state index contributed by atoms with van der Waals surface area (Å²) in [6.07, 6.45) is 1.82. The Kier molecular flexibility index (Phi) is 3.02. The van der Waals surface area contributed by atoms with Gasteiger partial charge in [-0.15, -0.1) is 0 Å². The second-order valence-electron chi connectivity index (χ2n) is 5.37. The first-order valence-electron chi connectivity index (χ1n) is 6.35. The number of hydrogen-bond donors (Lipinski definition) is 1. The summed E-state index contributed by atoms with van der Waals surface area (Å²) < 4.78 is 19.5. The van der Waals surface area contributed by atoms with Crippen molar-refractivity contribution in [2.75, 3.05) is 0 Å². The number of carboxylic acid groups (broad SMARTS) is 1. The van der Waals surface area contributed by atoms with Crippen molar-refractivity contribution in [2.45, 2.75) is 37.9 Å². The molecule has 0 amide bonds. The van der Waals surface area contributed by atoms with Crippen LogP contribution < -0.4 is 0 Å². The zero-order valence-electron chi connectivity index (χ0n) is 10.2. The molecule has 1 aromatic rings. The molecule has 2 bridgehead atoms. The number of hydrogen-bond acceptors (Lipinski definition) is 2. The second kappa shape index (κ2) is 4.46. The van der Waals surface area contributed by atoms with Crippen molar-refractivity contribution in [3.05, 3.63) is 34.6 Å². The Labute approximate surface area is 115 Å². The van der Waals surface area contributed by atoms with E-state index in [0.29, 0.717) is 6.42 Å². The van der Waals surface area contributed by atoms with Crippen molar-refractivity contribution in [1.82, 2.24) is 0 Å². The molecule has 0 aliphatic carbocycles. The Bertz CT molecular complexity index is 513. The molecule has 19 heavy (non-hydrogen) atoms. The first kappa shape index (κ1) is 12.9. The molecule has 2 aliphatic heterocycles. The van der Waals surface area contributed by atoms with Crippen LogP contribution in [0.2, 0.25) is 5.02 Å². The highest BCUT2D eigenvalue weighted by molar-refractivity contribution is 6.31. The molecule has 0 saturated carbocycles. The number of carboxylic acids is 1. The lowest BCUT2D eigenvalue weighted by Crippen LogP contribution is -2.42. The molecule has 2 heterocycles. The van der Waals surface area contributed by atoms with E-state index in [1.165, 1.54) is 12.1 Å². The standard InChI is InChI=1S/C14H14ClFO3/c15-10-2-1-3-11(16)9(10)7-14(13(17)18)6-8-4-5-12(14)19-8/h1-3,8,12H,4-7H2,(H,17,18). The van der Waals surface area contributed by atoms with E-state index in [2.05, 4.69) is 0 Å². The van der Waals surface area contributed by atoms with Gasteiger partial charge in [-0.05, 0) is 37.8 Å². The highest BCUT2D eigenvalue weighted by Crippen LogP contribution is 2.50. The van der Waals surface area contributed by atoms with E-state index in [9.17, 15) is 14.3 Å². The van der Waals surface area contributed by atoms with Crippen LogP contribution >= 0.6 is 11.6 Å². The Hall–Kier alpha value is -1.13. The molecule has 3 nitrogen and oxygen atoms in total. The first-order valence-corrected chi connectivity index (χ1v) is 6.72. The number of halogens is 2. The molecule has 2 fully saturated rings. The molecule has 1 N–H and O–H groups in total. The van der Waals surface area contributed by atoms with Gasteiger partial charge >= 0.3 is 5.97 Å². The topological polar surface area (TPSA) is 46.5 Å². The smallest absolute Gasteiger partial charge is 0.312 e. The van der Waals surface area contributed by atoms with Gasteiger partial charge in [-0.2, -0.15) is 0 Å². The second-order valence-corrected chi connectivity index (χ2v) is 5.77. The molecule has 5 heteroatoms. The zero-order valence-corrected chi connectivity index (χ0v) is 11.0. The molecule has 3 rings (SSSR count). The predicted octanol–water partition coefficient (Wildman–Crippen LogP) is 3.04. The number of fused-ring (bicyclic) bond motifs is 2. The quantitative estimate of drug-likeness (QED) is 0.928. The van der Waals surface area contributed by atoms with E-state index >= 15 is 0 Å². The van der Waals surface area contributed by atoms with Crippen molar-refractivity contribution in [3.8, 4) is 0 Å². The highest BCUT2D eigenvalue weighted by Gasteiger charge is 2.57. The molecule has 1 aromatic carbocycles. The zero-order chi connectivity index (χ0) is 13.6. The van der Waals surface area contributed by atoms with Crippen LogP contribution in [-0.4, -0.2) is 23.3 Å². The van der Waals surface area contributed by atoms with Gasteiger partial charge in [0, 0.05) is 10.6 Å². The summed E-state index contributed by atoms with van der Waals surface area (Å²) in [7, 11) is 0. The fourth-order valence-corrected chi connectivity index (χ4v) is 3.53. The molecule has 2 saturated heterocycles. The first-order chi connectivity index (χ1) is 9.03. The van der Waals surface area contributed by atoms with E-state index < -0.39 is 17.2 Å². The fraction of sp³-hybridized carbons (Fsp3) is 0.500. The summed E-state index contributed by atoms with van der Waals surface area (Å²) in [5, 5.41) is 9.86. The number of rotatable bonds is 3. The maximum Gasteiger partial charge on any atom is 0.312 e. The van der Waals surface area contributed by atoms with Crippen LogP contribution in [0.1, 0.15) is 24.8 Å². The summed E-state index contributed by atoms with van der Waals surface area (Å²) in [5.41, 5.74) is -0.753. The SMILES string of the molecule is O=C(O)C1(Cc2c(F)cccc2Cl)CC2CCC1O2. The third-order valence-corrected chi connectivity index (χ3v) is 4.65. The van der Waals surface area contributed by atoms with Gasteiger partial charge in [0.25, 0.3) is 0 Å². The minimum Gasteiger partial charge on any atom is -0.481 e. The number of carbonyl (C=O) groups is 1. The Balaban J connectivity index is 1.98. The van der Waals surface area contributed by atoms with E-state index in [4.69, 9.17) is 16.3 Å². The predicted molar refractivity (Wildman–Crippen MR) is 67.7 cm³/mol. The third-order valence-electron chi connectivity index (χ3n) is 4.30. The molecule has 0 spiro atoms. The highest BCUT2D eigenvalue weighted by atomic mass is 35.5. The molecule has 2 aliphatic rings. The fourth-order valence-electron chi connectivity index (χ4n) is 3.30. The third kappa shape index (κ3) is 1.94. The molecule has 3 atom stereocenters. The molecule has 0 radical (unpaired) electrons. The Morgan fingerprint density at radius 3 is 2.84 bits per heavy atom. The van der Waals surface area contributed by atoms with Gasteiger partial charge in [0.15, 0.2) is 0 Å². The van der Waals surface area contributed by atoms with Crippen LogP contribution in [0.15, 0.2) is 18.2 Å². The molecule has 3 unspecified atom stereocenters. The van der Waals surface area contributed by atoms with E-state index in [-0.39, 0.29) is 29.2 Å². The van der Waals surface area contributed by atoms with Crippen LogP contribution in [0, 0.1) is 11.2 Å². The van der Waals surface area contributed by atoms with Crippen molar-refractivity contribution in [2.24, 2.45) is 5.41 Å². The Morgan fingerprint density at radius 2 is 2.32 bits per heavy atom. The van der Waals surface area contributed by atoms with Gasteiger partial charge in [0.05, 0.1) is 12.2 Å². The van der Waals surface area contributed by atoms with Crippen molar-refractivity contribution < 1.29 is 19.0 Å². The van der Waals surface area contributed by atoms with Crippen molar-refractivity contribution in [3.63, 3.8) is 0 Å². The average Bonchev–Trinajstić information content (AvgIpc) is 2.94. The normalized spacial score (nSPS) is 32.7. The largest absolute Gasteiger partial charge is 0.481 e. The lowest BCUT2D eigenvalue weighted by atomic mass is 9.70. The summed E-state index contributed by atoms with van der Waals surface area (Å²) >= 11 is 6.00. The van der Waals surface area contributed by atoms with Gasteiger partial charge in [-0.1, -0.05) is 17.7 Å². The average molecular weight is 285 g/mol. The minimum atomic E-state index is -1.03. The van der Waals surface area contributed by atoms with Crippen LogP contribution in [0.4, 0.5) is 4.39 Å². The van der Waals surface area contributed by atoms with E-state index in [0.717, 1.165) is 12.8 Å². The van der Waals surface area contributed by atoms with Crippen LogP contribution in [0.5, 0.6) is 0 Å². The van der Waals surface area contributed by atoms with Crippen LogP contribution in [-0.2, 0) is 16.0 Å². The monoisotopic (exact) mass is 284 g/mol. The number of aliphatic carboxylic acids is 1. The van der Waals surface area contributed by atoms with Crippen LogP contribution in [0.3, 0.4) is 0 Å². The van der Waals surface area contributed by atoms with Gasteiger partial charge in [0.2, 0.25) is 0 Å². The maximum atomic E-state index is 13.9. The number of benzene rings is 1. The molecular formula is C14H14ClFO3. The van der Waals surface area contributed by atoms with Crippen molar-refractivity contribution >= 4 is 17.6 Å². The van der Waals surface area contributed by atoms with E-state index in [1.807, 2.05) is 0 Å². The Morgan fingerprint density at radius 1 is 1.53 bits per heavy atom. The number of ether oxygens (including phenoxy) is 1. The summed E-state index contributed by atoms with van der Waals surface area (Å²) in [6.45, 7) is 0. The van der Waals surface area contributed by atoms with Gasteiger partial charge in [-0.3, -0.25) is 4.79 Å². The van der Waals surface area contributed by atoms with Gasteiger partial charge in [0.1, 0.15) is 11.2 Å². The summed E-state index contributed by atoms with van der Waals surface area (Å²) in [5.74, 6) is -1.37. The summed E-state index contributed by atoms with van der Waals surface area (Å²) in [4.78, 5) is 11.7. The molecule has 102 valence electrons. The molecular weight excluding hydrogens is 271 g/mol. The van der Waals surface area contributed by atoms with Gasteiger partial charge in [-0.25, -0.2) is 4.39 Å². The van der Waals surface area contributed by atoms with E-state index in [1.54, 1.807) is 6.07 Å². The lowest BCUT2D eigenvalue weighted by molar-refractivity contribution is -0.152. The minimum absolute atomic E-state index is 0.00773.